The second-order valence-electron chi connectivity index (χ2n) is 6.73. The van der Waals surface area contributed by atoms with E-state index in [0.717, 1.165) is 28.2 Å². The van der Waals surface area contributed by atoms with Crippen molar-refractivity contribution in [3.8, 4) is 5.75 Å². The van der Waals surface area contributed by atoms with Gasteiger partial charge in [-0.25, -0.2) is 8.42 Å². The Kier molecular flexibility index (Phi) is 7.75. The van der Waals surface area contributed by atoms with Crippen molar-refractivity contribution >= 4 is 55.0 Å². The number of benzene rings is 2. The van der Waals surface area contributed by atoms with Crippen LogP contribution in [0.15, 0.2) is 57.2 Å². The van der Waals surface area contributed by atoms with Gasteiger partial charge in [-0.1, -0.05) is 11.3 Å². The normalized spacial score (nSPS) is 12.2. The predicted octanol–water partition coefficient (Wildman–Crippen LogP) is 2.90. The van der Waals surface area contributed by atoms with Gasteiger partial charge in [-0.15, -0.1) is 11.8 Å². The lowest BCUT2D eigenvalue weighted by molar-refractivity contribution is -0.141. The molecule has 0 fully saturated rings. The van der Waals surface area contributed by atoms with Gasteiger partial charge in [-0.3, -0.25) is 9.59 Å². The van der Waals surface area contributed by atoms with Gasteiger partial charge in [0.15, 0.2) is 14.6 Å². The van der Waals surface area contributed by atoms with Crippen LogP contribution in [0.25, 0.3) is 10.2 Å². The molecule has 0 N–H and O–H groups in total. The second kappa shape index (κ2) is 10.3. The van der Waals surface area contributed by atoms with Crippen LogP contribution in [0.5, 0.6) is 5.75 Å². The van der Waals surface area contributed by atoms with Crippen molar-refractivity contribution in [2.45, 2.75) is 22.8 Å². The van der Waals surface area contributed by atoms with Crippen LogP contribution in [0.4, 0.5) is 0 Å². The molecule has 170 valence electrons. The van der Waals surface area contributed by atoms with Crippen LogP contribution in [-0.2, 0) is 30.7 Å². The lowest BCUT2D eigenvalue weighted by atomic mass is 10.3. The number of thioether (sulfide) groups is 1. The van der Waals surface area contributed by atoms with Gasteiger partial charge >= 0.3 is 5.97 Å². The molecule has 0 aliphatic carbocycles. The highest BCUT2D eigenvalue weighted by molar-refractivity contribution is 7.99. The first-order valence-corrected chi connectivity index (χ1v) is 13.2. The van der Waals surface area contributed by atoms with Gasteiger partial charge in [-0.2, -0.15) is 4.99 Å². The fourth-order valence-corrected chi connectivity index (χ4v) is 5.46. The first-order chi connectivity index (χ1) is 15.2. The lowest BCUT2D eigenvalue weighted by Crippen LogP contribution is -2.22. The topological polar surface area (TPSA) is 104 Å². The number of carbonyl (C=O) groups excluding carboxylic acids is 2. The van der Waals surface area contributed by atoms with Crippen LogP contribution in [0.1, 0.15) is 6.42 Å². The van der Waals surface area contributed by atoms with E-state index in [1.807, 2.05) is 24.3 Å². The fourth-order valence-electron chi connectivity index (χ4n) is 2.81. The maximum Gasteiger partial charge on any atom is 0.325 e. The van der Waals surface area contributed by atoms with Crippen LogP contribution >= 0.6 is 23.1 Å². The van der Waals surface area contributed by atoms with Gasteiger partial charge in [0, 0.05) is 23.3 Å². The first kappa shape index (κ1) is 24.0. The Hall–Kier alpha value is -2.63. The Morgan fingerprint density at radius 3 is 2.47 bits per heavy atom. The highest BCUT2D eigenvalue weighted by Crippen LogP contribution is 2.23. The van der Waals surface area contributed by atoms with Crippen molar-refractivity contribution in [3.05, 3.63) is 47.3 Å². The van der Waals surface area contributed by atoms with E-state index >= 15 is 0 Å². The van der Waals surface area contributed by atoms with Gasteiger partial charge in [-0.05, 0) is 42.5 Å². The highest BCUT2D eigenvalue weighted by atomic mass is 32.2. The maximum absolute atomic E-state index is 12.5. The van der Waals surface area contributed by atoms with E-state index in [1.165, 1.54) is 31.0 Å². The average Bonchev–Trinajstić information content (AvgIpc) is 3.09. The molecule has 8 nitrogen and oxygen atoms in total. The third kappa shape index (κ3) is 5.99. The summed E-state index contributed by atoms with van der Waals surface area (Å²) >= 11 is 2.68. The Labute approximate surface area is 193 Å². The third-order valence-corrected chi connectivity index (χ3v) is 7.63. The number of sulfone groups is 1. The third-order valence-electron chi connectivity index (χ3n) is 4.46. The van der Waals surface area contributed by atoms with Gasteiger partial charge in [0.25, 0.3) is 0 Å². The van der Waals surface area contributed by atoms with E-state index in [4.69, 9.17) is 9.47 Å². The van der Waals surface area contributed by atoms with Crippen LogP contribution < -0.4 is 9.54 Å². The standard InChI is InChI=1S/C21H22N2O6S3/c1-28-14-4-6-15(7-5-14)30-11-10-19(24)22-21-23(13-20(25)29-2)17-9-8-16(32(3,26)27)12-18(17)31-21/h4-9,12H,10-11,13H2,1-3H3. The van der Waals surface area contributed by atoms with Crippen molar-refractivity contribution in [2.75, 3.05) is 26.2 Å². The van der Waals surface area contributed by atoms with Crippen molar-refractivity contribution in [1.29, 1.82) is 0 Å². The number of methoxy groups -OCH3 is 2. The summed E-state index contributed by atoms with van der Waals surface area (Å²) in [5, 5.41) is 0. The number of nitrogens with zero attached hydrogens (tertiary/aromatic N) is 2. The summed E-state index contributed by atoms with van der Waals surface area (Å²) in [6.45, 7) is -0.137. The fraction of sp³-hybridized carbons (Fsp3) is 0.286. The molecule has 0 spiro atoms. The van der Waals surface area contributed by atoms with Gasteiger partial charge in [0.05, 0.1) is 29.3 Å². The molecule has 0 saturated heterocycles. The molecule has 0 aliphatic rings. The summed E-state index contributed by atoms with van der Waals surface area (Å²) in [5.41, 5.74) is 0.604. The molecule has 0 bridgehead atoms. The van der Waals surface area contributed by atoms with Crippen molar-refractivity contribution in [2.24, 2.45) is 4.99 Å². The van der Waals surface area contributed by atoms with E-state index in [0.29, 0.717) is 20.8 Å². The molecule has 3 aromatic rings. The number of rotatable bonds is 8. The Morgan fingerprint density at radius 1 is 1.12 bits per heavy atom. The van der Waals surface area contributed by atoms with Crippen LogP contribution in [-0.4, -0.2) is 51.1 Å². The molecular formula is C21H22N2O6S3. The average molecular weight is 495 g/mol. The Bertz CT molecular complexity index is 1310. The number of esters is 1. The van der Waals surface area contributed by atoms with Crippen LogP contribution in [0.3, 0.4) is 0 Å². The molecule has 0 atom stereocenters. The molecule has 0 saturated carbocycles. The summed E-state index contributed by atoms with van der Waals surface area (Å²) in [7, 11) is -0.517. The minimum Gasteiger partial charge on any atom is -0.497 e. The molecule has 1 heterocycles. The molecule has 0 unspecified atom stereocenters. The predicted molar refractivity (Wildman–Crippen MR) is 124 cm³/mol. The quantitative estimate of drug-likeness (QED) is 0.350. The molecule has 0 radical (unpaired) electrons. The Balaban J connectivity index is 1.84. The summed E-state index contributed by atoms with van der Waals surface area (Å²) in [6.07, 6.45) is 1.33. The minimum atomic E-state index is -3.39. The van der Waals surface area contributed by atoms with Gasteiger partial charge < -0.3 is 14.0 Å². The van der Waals surface area contributed by atoms with E-state index in [9.17, 15) is 18.0 Å². The van der Waals surface area contributed by atoms with E-state index in [-0.39, 0.29) is 23.8 Å². The van der Waals surface area contributed by atoms with E-state index in [2.05, 4.69) is 4.99 Å². The van der Waals surface area contributed by atoms with Crippen LogP contribution in [0.2, 0.25) is 0 Å². The zero-order chi connectivity index (χ0) is 23.3. The zero-order valence-corrected chi connectivity index (χ0v) is 20.2. The zero-order valence-electron chi connectivity index (χ0n) is 17.7. The molecule has 1 aromatic heterocycles. The summed E-state index contributed by atoms with van der Waals surface area (Å²) < 4.78 is 35.8. The monoisotopic (exact) mass is 494 g/mol. The van der Waals surface area contributed by atoms with Crippen molar-refractivity contribution in [3.63, 3.8) is 0 Å². The molecular weight excluding hydrogens is 472 g/mol. The second-order valence-corrected chi connectivity index (χ2v) is 10.9. The smallest absolute Gasteiger partial charge is 0.325 e. The van der Waals surface area contributed by atoms with Crippen molar-refractivity contribution < 1.29 is 27.5 Å². The molecule has 0 aliphatic heterocycles. The Morgan fingerprint density at radius 2 is 1.84 bits per heavy atom. The largest absolute Gasteiger partial charge is 0.497 e. The molecule has 3 rings (SSSR count). The number of thiazole rings is 1. The number of carbonyl (C=O) groups is 2. The molecule has 2 aromatic carbocycles. The SMILES string of the molecule is COC(=O)Cn1c(=NC(=O)CCSc2ccc(OC)cc2)sc2cc(S(C)(=O)=O)ccc21. The maximum atomic E-state index is 12.5. The number of hydrogen-bond donors (Lipinski definition) is 0. The first-order valence-electron chi connectivity index (χ1n) is 9.46. The van der Waals surface area contributed by atoms with Gasteiger partial charge in [0.2, 0.25) is 5.91 Å². The summed E-state index contributed by atoms with van der Waals surface area (Å²) in [5.74, 6) is 0.467. The van der Waals surface area contributed by atoms with E-state index in [1.54, 1.807) is 17.7 Å². The lowest BCUT2D eigenvalue weighted by Gasteiger charge is -2.04. The highest BCUT2D eigenvalue weighted by Gasteiger charge is 2.15. The van der Waals surface area contributed by atoms with Crippen molar-refractivity contribution in [1.82, 2.24) is 4.57 Å². The number of aromatic nitrogens is 1. The number of hydrogen-bond acceptors (Lipinski definition) is 8. The number of amides is 1. The minimum absolute atomic E-state index is 0.137. The summed E-state index contributed by atoms with van der Waals surface area (Å²) in [4.78, 5) is 30.1. The number of fused-ring (bicyclic) bond motifs is 1. The molecule has 1 amide bonds. The molecule has 11 heteroatoms. The van der Waals surface area contributed by atoms with Crippen LogP contribution in [0, 0.1) is 0 Å². The van der Waals surface area contributed by atoms with Gasteiger partial charge in [0.1, 0.15) is 12.3 Å². The number of ether oxygens (including phenoxy) is 2. The van der Waals surface area contributed by atoms with E-state index < -0.39 is 15.8 Å². The molecule has 32 heavy (non-hydrogen) atoms. The summed E-state index contributed by atoms with van der Waals surface area (Å²) in [6, 6.07) is 12.1.